The molecule has 4 heteroatoms. The summed E-state index contributed by atoms with van der Waals surface area (Å²) >= 11 is 1.68. The van der Waals surface area contributed by atoms with E-state index in [-0.39, 0.29) is 11.5 Å². The minimum atomic E-state index is -0.382. The van der Waals surface area contributed by atoms with Crippen molar-refractivity contribution in [2.75, 3.05) is 11.1 Å². The predicted molar refractivity (Wildman–Crippen MR) is 67.2 cm³/mol. The third-order valence-electron chi connectivity index (χ3n) is 2.46. The van der Waals surface area contributed by atoms with Gasteiger partial charge in [0, 0.05) is 11.4 Å². The van der Waals surface area contributed by atoms with E-state index in [0.717, 1.165) is 0 Å². The molecule has 0 atom stereocenters. The van der Waals surface area contributed by atoms with Crippen molar-refractivity contribution in [3.05, 3.63) is 45.9 Å². The molecule has 1 aromatic heterocycles. The summed E-state index contributed by atoms with van der Waals surface area (Å²) in [6.07, 6.45) is 0. The molecule has 0 fully saturated rings. The third-order valence-corrected chi connectivity index (χ3v) is 3.48. The van der Waals surface area contributed by atoms with Gasteiger partial charge in [-0.05, 0) is 36.1 Å². The Labute approximate surface area is 97.9 Å². The molecular formula is C12H13FN2S. The quantitative estimate of drug-likeness (QED) is 0.802. The predicted octanol–water partition coefficient (Wildman–Crippen LogP) is 3.39. The van der Waals surface area contributed by atoms with E-state index >= 15 is 0 Å². The van der Waals surface area contributed by atoms with Crippen LogP contribution >= 0.6 is 11.3 Å². The van der Waals surface area contributed by atoms with E-state index in [0.29, 0.717) is 12.2 Å². The van der Waals surface area contributed by atoms with Crippen LogP contribution in [0, 0.1) is 12.7 Å². The van der Waals surface area contributed by atoms with Crippen molar-refractivity contribution >= 4 is 22.7 Å². The summed E-state index contributed by atoms with van der Waals surface area (Å²) < 4.78 is 13.2. The molecule has 0 saturated carbocycles. The summed E-state index contributed by atoms with van der Waals surface area (Å²) in [5, 5.41) is 5.19. The van der Waals surface area contributed by atoms with Crippen LogP contribution < -0.4 is 11.1 Å². The second-order valence-electron chi connectivity index (χ2n) is 3.58. The minimum Gasteiger partial charge on any atom is -0.395 e. The first-order chi connectivity index (χ1) is 7.68. The van der Waals surface area contributed by atoms with Crippen LogP contribution in [-0.2, 0) is 6.54 Å². The fourth-order valence-corrected chi connectivity index (χ4v) is 2.30. The van der Waals surface area contributed by atoms with Gasteiger partial charge in [0.05, 0.1) is 11.4 Å². The molecule has 0 unspecified atom stereocenters. The van der Waals surface area contributed by atoms with Gasteiger partial charge in [0.25, 0.3) is 0 Å². The number of rotatable bonds is 3. The topological polar surface area (TPSA) is 38.0 Å². The summed E-state index contributed by atoms with van der Waals surface area (Å²) in [6.45, 7) is 2.74. The number of benzene rings is 1. The number of nitrogens with one attached hydrogen (secondary N) is 1. The number of hydrogen-bond acceptors (Lipinski definition) is 3. The maximum Gasteiger partial charge on any atom is 0.148 e. The number of para-hydroxylation sites is 1. The molecule has 2 rings (SSSR count). The van der Waals surface area contributed by atoms with E-state index in [4.69, 9.17) is 5.73 Å². The maximum absolute atomic E-state index is 13.2. The zero-order chi connectivity index (χ0) is 11.5. The van der Waals surface area contributed by atoms with E-state index in [9.17, 15) is 4.39 Å². The second-order valence-corrected chi connectivity index (χ2v) is 4.58. The fraction of sp³-hybridized carbons (Fsp3) is 0.167. The number of nitrogen functional groups attached to an aromatic ring is 1. The first-order valence-electron chi connectivity index (χ1n) is 4.99. The highest BCUT2D eigenvalue weighted by atomic mass is 32.1. The number of nitrogens with two attached hydrogens (primary N) is 1. The van der Waals surface area contributed by atoms with Gasteiger partial charge in [0.2, 0.25) is 0 Å². The monoisotopic (exact) mass is 236 g/mol. The van der Waals surface area contributed by atoms with Crippen molar-refractivity contribution in [2.45, 2.75) is 13.5 Å². The van der Waals surface area contributed by atoms with Crippen molar-refractivity contribution in [3.63, 3.8) is 0 Å². The highest BCUT2D eigenvalue weighted by molar-refractivity contribution is 7.10. The van der Waals surface area contributed by atoms with Gasteiger partial charge in [-0.15, -0.1) is 11.3 Å². The third kappa shape index (κ3) is 2.17. The number of hydrogen-bond donors (Lipinski definition) is 2. The Hall–Kier alpha value is -1.55. The molecule has 1 heterocycles. The Morgan fingerprint density at radius 1 is 1.38 bits per heavy atom. The average Bonchev–Trinajstić information content (AvgIpc) is 2.67. The Bertz CT molecular complexity index is 494. The van der Waals surface area contributed by atoms with Crippen LogP contribution in [0.1, 0.15) is 10.4 Å². The normalized spacial score (nSPS) is 10.4. The van der Waals surface area contributed by atoms with Gasteiger partial charge in [-0.25, -0.2) is 4.39 Å². The Morgan fingerprint density at radius 3 is 2.88 bits per heavy atom. The van der Waals surface area contributed by atoms with Gasteiger partial charge < -0.3 is 11.1 Å². The lowest BCUT2D eigenvalue weighted by atomic mass is 10.2. The van der Waals surface area contributed by atoms with E-state index in [2.05, 4.69) is 18.3 Å². The molecular weight excluding hydrogens is 223 g/mol. The van der Waals surface area contributed by atoms with Crippen LogP contribution in [-0.4, -0.2) is 0 Å². The van der Waals surface area contributed by atoms with Crippen LogP contribution in [0.5, 0.6) is 0 Å². The fourth-order valence-electron chi connectivity index (χ4n) is 1.45. The van der Waals surface area contributed by atoms with E-state index in [1.165, 1.54) is 16.5 Å². The molecule has 0 radical (unpaired) electrons. The van der Waals surface area contributed by atoms with Gasteiger partial charge in [-0.3, -0.25) is 0 Å². The Balaban J connectivity index is 2.11. The molecule has 0 aliphatic heterocycles. The molecule has 0 spiro atoms. The lowest BCUT2D eigenvalue weighted by Gasteiger charge is -2.09. The first kappa shape index (κ1) is 11.0. The van der Waals surface area contributed by atoms with Crippen molar-refractivity contribution < 1.29 is 4.39 Å². The number of aryl methyl sites for hydroxylation is 1. The number of thiophene rings is 1. The van der Waals surface area contributed by atoms with Gasteiger partial charge >= 0.3 is 0 Å². The molecule has 2 aromatic rings. The molecule has 1 aromatic carbocycles. The molecule has 0 saturated heterocycles. The van der Waals surface area contributed by atoms with Crippen LogP contribution in [0.25, 0.3) is 0 Å². The lowest BCUT2D eigenvalue weighted by Crippen LogP contribution is -2.03. The molecule has 0 aliphatic carbocycles. The molecule has 3 N–H and O–H groups in total. The minimum absolute atomic E-state index is 0.178. The smallest absolute Gasteiger partial charge is 0.148 e. The standard InChI is InChI=1S/C12H13FN2S/c1-8-5-6-16-11(8)7-15-10-4-2-3-9(13)12(10)14/h2-6,15H,7,14H2,1H3. The van der Waals surface area contributed by atoms with Crippen LogP contribution in [0.3, 0.4) is 0 Å². The van der Waals surface area contributed by atoms with Crippen molar-refractivity contribution in [2.24, 2.45) is 0 Å². The largest absolute Gasteiger partial charge is 0.395 e. The van der Waals surface area contributed by atoms with E-state index < -0.39 is 0 Å². The highest BCUT2D eigenvalue weighted by Gasteiger charge is 2.05. The van der Waals surface area contributed by atoms with Crippen molar-refractivity contribution in [1.29, 1.82) is 0 Å². The SMILES string of the molecule is Cc1ccsc1CNc1cccc(F)c1N. The van der Waals surface area contributed by atoms with Crippen LogP contribution in [0.15, 0.2) is 29.6 Å². The van der Waals surface area contributed by atoms with Crippen LogP contribution in [0.2, 0.25) is 0 Å². The van der Waals surface area contributed by atoms with E-state index in [1.807, 2.05) is 5.38 Å². The molecule has 16 heavy (non-hydrogen) atoms. The second kappa shape index (κ2) is 4.53. The maximum atomic E-state index is 13.2. The first-order valence-corrected chi connectivity index (χ1v) is 5.87. The zero-order valence-corrected chi connectivity index (χ0v) is 9.77. The molecule has 0 bridgehead atoms. The average molecular weight is 236 g/mol. The summed E-state index contributed by atoms with van der Waals surface area (Å²) in [6, 6.07) is 6.85. The van der Waals surface area contributed by atoms with Gasteiger partial charge in [0.1, 0.15) is 5.82 Å². The molecule has 0 amide bonds. The zero-order valence-electron chi connectivity index (χ0n) is 8.96. The molecule has 84 valence electrons. The summed E-state index contributed by atoms with van der Waals surface area (Å²) in [7, 11) is 0. The lowest BCUT2D eigenvalue weighted by molar-refractivity contribution is 0.633. The van der Waals surface area contributed by atoms with Crippen molar-refractivity contribution in [3.8, 4) is 0 Å². The van der Waals surface area contributed by atoms with Gasteiger partial charge in [-0.1, -0.05) is 6.07 Å². The van der Waals surface area contributed by atoms with Gasteiger partial charge in [0.15, 0.2) is 0 Å². The number of halogens is 1. The van der Waals surface area contributed by atoms with Gasteiger partial charge in [-0.2, -0.15) is 0 Å². The summed E-state index contributed by atoms with van der Waals surface area (Å²) in [4.78, 5) is 1.24. The summed E-state index contributed by atoms with van der Waals surface area (Å²) in [5.74, 6) is -0.382. The van der Waals surface area contributed by atoms with Crippen LogP contribution in [0.4, 0.5) is 15.8 Å². The molecule has 0 aliphatic rings. The summed E-state index contributed by atoms with van der Waals surface area (Å²) in [5.41, 5.74) is 7.69. The Morgan fingerprint density at radius 2 is 2.19 bits per heavy atom. The van der Waals surface area contributed by atoms with Crippen molar-refractivity contribution in [1.82, 2.24) is 0 Å². The van der Waals surface area contributed by atoms with E-state index in [1.54, 1.807) is 23.5 Å². The Kier molecular flexibility index (Phi) is 3.10. The number of anilines is 2. The highest BCUT2D eigenvalue weighted by Crippen LogP contribution is 2.23. The molecule has 2 nitrogen and oxygen atoms in total.